The minimum absolute atomic E-state index is 0.486. The topological polar surface area (TPSA) is 52.0 Å². The van der Waals surface area contributed by atoms with Crippen LogP contribution in [0.3, 0.4) is 0 Å². The predicted octanol–water partition coefficient (Wildman–Crippen LogP) is 8.61. The molecule has 0 atom stereocenters. The number of benzene rings is 4. The van der Waals surface area contributed by atoms with Crippen LogP contribution in [-0.4, -0.2) is 0 Å². The van der Waals surface area contributed by atoms with E-state index in [1.165, 1.54) is 12.2 Å². The molecule has 0 fully saturated rings. The van der Waals surface area contributed by atoms with E-state index in [0.717, 1.165) is 34.4 Å². The van der Waals surface area contributed by atoms with Crippen LogP contribution in [0.2, 0.25) is 0 Å². The van der Waals surface area contributed by atoms with Crippen molar-refractivity contribution in [2.24, 2.45) is 0 Å². The van der Waals surface area contributed by atoms with Gasteiger partial charge in [-0.15, -0.1) is 0 Å². The SMILES string of the molecule is CC1(C)c2cc(/C=C/c3c(F)c(F)c(N)c(F)c3F)ccc2-c2ccc(/C=C/c3c(F)c(F)c(N)c(F)c3F)cc21. The van der Waals surface area contributed by atoms with Gasteiger partial charge in [0.25, 0.3) is 0 Å². The van der Waals surface area contributed by atoms with Gasteiger partial charge in [-0.2, -0.15) is 0 Å². The van der Waals surface area contributed by atoms with Gasteiger partial charge in [0.2, 0.25) is 0 Å². The highest BCUT2D eigenvalue weighted by molar-refractivity contribution is 5.85. The lowest BCUT2D eigenvalue weighted by atomic mass is 9.81. The number of nitrogen functional groups attached to an aromatic ring is 2. The Balaban J connectivity index is 1.49. The standard InChI is InChI=1S/C31H20F8N2/c1-31(2)19-11-13(5-9-17-21(32)25(36)29(40)26(37)22(17)33)3-7-15(19)16-8-4-14(12-20(16)31)6-10-18-23(34)27(38)30(41)28(39)24(18)35/h3-12H,40-41H2,1-2H3/b9-5+,10-6+. The summed E-state index contributed by atoms with van der Waals surface area (Å²) in [5, 5.41) is 0. The van der Waals surface area contributed by atoms with Crippen molar-refractivity contribution in [2.75, 3.05) is 11.5 Å². The fraction of sp³-hybridized carbons (Fsp3) is 0.0968. The molecule has 5 rings (SSSR count). The Kier molecular flexibility index (Phi) is 6.68. The summed E-state index contributed by atoms with van der Waals surface area (Å²) in [6, 6.07) is 10.4. The van der Waals surface area contributed by atoms with E-state index in [1.54, 1.807) is 36.4 Å². The first-order valence-electron chi connectivity index (χ1n) is 12.1. The average molecular weight is 572 g/mol. The Bertz CT molecular complexity index is 1630. The van der Waals surface area contributed by atoms with E-state index >= 15 is 0 Å². The minimum atomic E-state index is -1.68. The van der Waals surface area contributed by atoms with E-state index in [2.05, 4.69) is 0 Å². The maximum atomic E-state index is 14.2. The summed E-state index contributed by atoms with van der Waals surface area (Å²) in [7, 11) is 0. The largest absolute Gasteiger partial charge is 0.394 e. The van der Waals surface area contributed by atoms with E-state index in [0.29, 0.717) is 11.1 Å². The summed E-state index contributed by atoms with van der Waals surface area (Å²) in [6.45, 7) is 3.82. The highest BCUT2D eigenvalue weighted by atomic mass is 19.2. The molecule has 4 aromatic rings. The normalized spacial score (nSPS) is 13.8. The second-order valence-electron chi connectivity index (χ2n) is 10.1. The van der Waals surface area contributed by atoms with Crippen LogP contribution in [0.1, 0.15) is 47.2 Å². The van der Waals surface area contributed by atoms with Crippen molar-refractivity contribution >= 4 is 35.7 Å². The average Bonchev–Trinajstić information content (AvgIpc) is 3.18. The van der Waals surface area contributed by atoms with Crippen molar-refractivity contribution < 1.29 is 35.1 Å². The smallest absolute Gasteiger partial charge is 0.185 e. The molecule has 0 aliphatic heterocycles. The second kappa shape index (κ2) is 9.79. The summed E-state index contributed by atoms with van der Waals surface area (Å²) in [5.74, 6) is -13.2. The number of nitrogens with two attached hydrogens (primary N) is 2. The van der Waals surface area contributed by atoms with Gasteiger partial charge < -0.3 is 11.5 Å². The minimum Gasteiger partial charge on any atom is -0.394 e. The summed E-state index contributed by atoms with van der Waals surface area (Å²) < 4.78 is 112. The lowest BCUT2D eigenvalue weighted by Crippen LogP contribution is -2.15. The number of fused-ring (bicyclic) bond motifs is 3. The molecule has 0 saturated carbocycles. The molecule has 0 spiro atoms. The van der Waals surface area contributed by atoms with Crippen molar-refractivity contribution in [3.8, 4) is 11.1 Å². The Morgan fingerprint density at radius 1 is 0.488 bits per heavy atom. The first-order valence-corrected chi connectivity index (χ1v) is 12.1. The van der Waals surface area contributed by atoms with Crippen molar-refractivity contribution in [1.82, 2.24) is 0 Å². The van der Waals surface area contributed by atoms with Crippen molar-refractivity contribution in [2.45, 2.75) is 19.3 Å². The van der Waals surface area contributed by atoms with E-state index in [-0.39, 0.29) is 0 Å². The Morgan fingerprint density at radius 3 is 1.12 bits per heavy atom. The number of rotatable bonds is 4. The molecule has 1 aliphatic carbocycles. The molecule has 2 nitrogen and oxygen atoms in total. The van der Waals surface area contributed by atoms with Gasteiger partial charge >= 0.3 is 0 Å². The molecule has 0 radical (unpaired) electrons. The molecule has 4 N–H and O–H groups in total. The number of hydrogen-bond acceptors (Lipinski definition) is 2. The van der Waals surface area contributed by atoms with Crippen LogP contribution in [0.15, 0.2) is 36.4 Å². The van der Waals surface area contributed by atoms with Crippen LogP contribution >= 0.6 is 0 Å². The number of halogens is 8. The van der Waals surface area contributed by atoms with E-state index in [1.807, 2.05) is 13.8 Å². The molecule has 0 bridgehead atoms. The number of hydrogen-bond donors (Lipinski definition) is 2. The Labute approximate surface area is 229 Å². The fourth-order valence-electron chi connectivity index (χ4n) is 4.96. The Morgan fingerprint density at radius 2 is 0.805 bits per heavy atom. The first kappa shape index (κ1) is 27.9. The van der Waals surface area contributed by atoms with Crippen molar-refractivity contribution in [1.29, 1.82) is 0 Å². The molecular weight excluding hydrogens is 552 g/mol. The molecule has 0 saturated heterocycles. The molecule has 0 heterocycles. The molecule has 4 aromatic carbocycles. The van der Waals surface area contributed by atoms with E-state index in [4.69, 9.17) is 11.5 Å². The molecule has 210 valence electrons. The van der Waals surface area contributed by atoms with Gasteiger partial charge in [-0.3, -0.25) is 0 Å². The van der Waals surface area contributed by atoms with Crippen LogP contribution in [0.4, 0.5) is 46.5 Å². The van der Waals surface area contributed by atoms with Gasteiger partial charge in [0.15, 0.2) is 46.5 Å². The summed E-state index contributed by atoms with van der Waals surface area (Å²) >= 11 is 0. The maximum Gasteiger partial charge on any atom is 0.185 e. The zero-order valence-electron chi connectivity index (χ0n) is 21.5. The summed E-state index contributed by atoms with van der Waals surface area (Å²) in [6.07, 6.45) is 4.43. The highest BCUT2D eigenvalue weighted by Crippen LogP contribution is 2.49. The Hall–Kier alpha value is -4.60. The third-order valence-electron chi connectivity index (χ3n) is 7.27. The van der Waals surface area contributed by atoms with Gasteiger partial charge in [0, 0.05) is 5.41 Å². The fourth-order valence-corrected chi connectivity index (χ4v) is 4.96. The van der Waals surface area contributed by atoms with Crippen LogP contribution in [0.5, 0.6) is 0 Å². The van der Waals surface area contributed by atoms with E-state index in [9.17, 15) is 35.1 Å². The third-order valence-corrected chi connectivity index (χ3v) is 7.27. The van der Waals surface area contributed by atoms with Crippen LogP contribution < -0.4 is 11.5 Å². The number of anilines is 2. The lowest BCUT2D eigenvalue weighted by molar-refractivity contribution is 0.457. The zero-order chi connectivity index (χ0) is 30.0. The van der Waals surface area contributed by atoms with Crippen LogP contribution in [0, 0.1) is 46.5 Å². The van der Waals surface area contributed by atoms with Crippen molar-refractivity contribution in [3.05, 3.63) is 116 Å². The lowest BCUT2D eigenvalue weighted by Gasteiger charge is -2.22. The predicted molar refractivity (Wildman–Crippen MR) is 143 cm³/mol. The molecular formula is C31H20F8N2. The quantitative estimate of drug-likeness (QED) is 0.111. The van der Waals surface area contributed by atoms with Crippen LogP contribution in [0.25, 0.3) is 35.4 Å². The van der Waals surface area contributed by atoms with Gasteiger partial charge in [0.1, 0.15) is 11.4 Å². The molecule has 0 aromatic heterocycles. The molecule has 0 unspecified atom stereocenters. The van der Waals surface area contributed by atoms with Gasteiger partial charge in [0.05, 0.1) is 11.1 Å². The summed E-state index contributed by atoms with van der Waals surface area (Å²) in [4.78, 5) is 0. The van der Waals surface area contributed by atoms with Gasteiger partial charge in [-0.05, 0) is 45.5 Å². The van der Waals surface area contributed by atoms with Gasteiger partial charge in [-0.25, -0.2) is 35.1 Å². The second-order valence-corrected chi connectivity index (χ2v) is 10.1. The van der Waals surface area contributed by atoms with E-state index < -0.39 is 74.5 Å². The highest BCUT2D eigenvalue weighted by Gasteiger charge is 2.35. The summed E-state index contributed by atoms with van der Waals surface area (Å²) in [5.41, 5.74) is 9.49. The van der Waals surface area contributed by atoms with Crippen LogP contribution in [-0.2, 0) is 5.41 Å². The van der Waals surface area contributed by atoms with Crippen molar-refractivity contribution in [3.63, 3.8) is 0 Å². The molecule has 1 aliphatic rings. The third kappa shape index (κ3) is 4.34. The van der Waals surface area contributed by atoms with Gasteiger partial charge in [-0.1, -0.05) is 62.4 Å². The monoisotopic (exact) mass is 572 g/mol. The first-order chi connectivity index (χ1) is 19.2. The molecule has 41 heavy (non-hydrogen) atoms. The molecule has 10 heteroatoms. The maximum absolute atomic E-state index is 14.2. The molecule has 0 amide bonds. The zero-order valence-corrected chi connectivity index (χ0v) is 21.5.